The van der Waals surface area contributed by atoms with Crippen molar-refractivity contribution in [2.45, 2.75) is 26.0 Å². The van der Waals surface area contributed by atoms with Gasteiger partial charge in [0.2, 0.25) is 0 Å². The van der Waals surface area contributed by atoms with E-state index >= 15 is 0 Å². The molecule has 0 aliphatic rings. The lowest BCUT2D eigenvalue weighted by molar-refractivity contribution is 0.126. The number of aliphatic hydroxyl groups excluding tert-OH is 1. The van der Waals surface area contributed by atoms with E-state index in [-0.39, 0.29) is 6.10 Å². The average molecular weight is 231 g/mol. The van der Waals surface area contributed by atoms with Gasteiger partial charge in [0.15, 0.2) is 0 Å². The maximum Gasteiger partial charge on any atom is 0.0791 e. The van der Waals surface area contributed by atoms with Crippen molar-refractivity contribution >= 4 is 0 Å². The van der Waals surface area contributed by atoms with Gasteiger partial charge < -0.3 is 20.2 Å². The minimum atomic E-state index is -0.293. The summed E-state index contributed by atoms with van der Waals surface area (Å²) in [5, 5.41) is 13.2. The zero-order valence-electron chi connectivity index (χ0n) is 11.7. The summed E-state index contributed by atoms with van der Waals surface area (Å²) in [7, 11) is 8.10. The fourth-order valence-electron chi connectivity index (χ4n) is 1.68. The number of likely N-dealkylation sites (N-methyl/N-ethyl adjacent to an activating group) is 2. The number of nitrogens with one attached hydrogen (secondary N) is 1. The first-order valence-electron chi connectivity index (χ1n) is 6.03. The van der Waals surface area contributed by atoms with Gasteiger partial charge in [-0.3, -0.25) is 0 Å². The second-order valence-electron chi connectivity index (χ2n) is 5.44. The molecule has 2 atom stereocenters. The molecule has 0 saturated heterocycles. The van der Waals surface area contributed by atoms with Crippen LogP contribution in [0.5, 0.6) is 0 Å². The maximum atomic E-state index is 9.77. The Labute approximate surface area is 101 Å². The highest BCUT2D eigenvalue weighted by Gasteiger charge is 2.15. The smallest absolute Gasteiger partial charge is 0.0791 e. The molecule has 0 heterocycles. The molecule has 0 aromatic carbocycles. The van der Waals surface area contributed by atoms with Crippen LogP contribution in [0.1, 0.15) is 13.8 Å². The lowest BCUT2D eigenvalue weighted by Crippen LogP contribution is -2.46. The van der Waals surface area contributed by atoms with Crippen LogP contribution < -0.4 is 5.32 Å². The number of aliphatic hydroxyl groups is 1. The van der Waals surface area contributed by atoms with E-state index in [0.29, 0.717) is 25.0 Å². The molecule has 2 N–H and O–H groups in total. The predicted molar refractivity (Wildman–Crippen MR) is 69.7 cm³/mol. The highest BCUT2D eigenvalue weighted by molar-refractivity contribution is 4.75. The number of hydrogen-bond donors (Lipinski definition) is 2. The first-order valence-corrected chi connectivity index (χ1v) is 6.03. The van der Waals surface area contributed by atoms with Gasteiger partial charge >= 0.3 is 0 Å². The van der Waals surface area contributed by atoms with Gasteiger partial charge in [0, 0.05) is 25.7 Å². The van der Waals surface area contributed by atoms with E-state index in [0.717, 1.165) is 6.54 Å². The molecule has 0 saturated carbocycles. The summed E-state index contributed by atoms with van der Waals surface area (Å²) in [6.45, 7) is 6.79. The lowest BCUT2D eigenvalue weighted by Gasteiger charge is -2.27. The van der Waals surface area contributed by atoms with Gasteiger partial charge in [-0.25, -0.2) is 0 Å². The molecular weight excluding hydrogens is 202 g/mol. The minimum Gasteiger partial charge on any atom is -0.390 e. The van der Waals surface area contributed by atoms with Gasteiger partial charge in [0.05, 0.1) is 6.10 Å². The SMILES string of the molecule is CC(C)C(CN(C)C)NCC(O)CN(C)C. The van der Waals surface area contributed by atoms with Gasteiger partial charge in [0.1, 0.15) is 0 Å². The minimum absolute atomic E-state index is 0.293. The van der Waals surface area contributed by atoms with E-state index in [2.05, 4.69) is 38.2 Å². The zero-order chi connectivity index (χ0) is 12.7. The van der Waals surface area contributed by atoms with E-state index in [1.165, 1.54) is 0 Å². The average Bonchev–Trinajstić information content (AvgIpc) is 2.09. The van der Waals surface area contributed by atoms with Crippen molar-refractivity contribution in [2.24, 2.45) is 5.92 Å². The fourth-order valence-corrected chi connectivity index (χ4v) is 1.68. The Hall–Kier alpha value is -0.160. The van der Waals surface area contributed by atoms with E-state index < -0.39 is 0 Å². The van der Waals surface area contributed by atoms with E-state index in [1.807, 2.05) is 19.0 Å². The molecular formula is C12H29N3O. The normalized spacial score (nSPS) is 16.1. The van der Waals surface area contributed by atoms with E-state index in [4.69, 9.17) is 0 Å². The molecule has 98 valence electrons. The highest BCUT2D eigenvalue weighted by atomic mass is 16.3. The molecule has 4 nitrogen and oxygen atoms in total. The van der Waals surface area contributed by atoms with Crippen molar-refractivity contribution in [3.63, 3.8) is 0 Å². The second kappa shape index (κ2) is 8.01. The molecule has 0 bridgehead atoms. The van der Waals surface area contributed by atoms with E-state index in [1.54, 1.807) is 0 Å². The Morgan fingerprint density at radius 3 is 1.88 bits per heavy atom. The molecule has 0 amide bonds. The van der Waals surface area contributed by atoms with Crippen molar-refractivity contribution in [3.8, 4) is 0 Å². The zero-order valence-corrected chi connectivity index (χ0v) is 11.7. The second-order valence-corrected chi connectivity index (χ2v) is 5.44. The third-order valence-corrected chi connectivity index (χ3v) is 2.56. The summed E-state index contributed by atoms with van der Waals surface area (Å²) in [4.78, 5) is 4.18. The Kier molecular flexibility index (Phi) is 7.93. The largest absolute Gasteiger partial charge is 0.390 e. The van der Waals surface area contributed by atoms with Crippen LogP contribution in [-0.4, -0.2) is 74.9 Å². The Bertz CT molecular complexity index is 172. The lowest BCUT2D eigenvalue weighted by atomic mass is 10.0. The summed E-state index contributed by atoms with van der Waals surface area (Å²) >= 11 is 0. The first kappa shape index (κ1) is 15.8. The van der Waals surface area contributed by atoms with Crippen LogP contribution in [0.25, 0.3) is 0 Å². The number of hydrogen-bond acceptors (Lipinski definition) is 4. The van der Waals surface area contributed by atoms with Crippen molar-refractivity contribution in [1.82, 2.24) is 15.1 Å². The van der Waals surface area contributed by atoms with Gasteiger partial charge in [0.25, 0.3) is 0 Å². The molecule has 0 rings (SSSR count). The van der Waals surface area contributed by atoms with Crippen molar-refractivity contribution < 1.29 is 5.11 Å². The summed E-state index contributed by atoms with van der Waals surface area (Å²) in [5.74, 6) is 0.578. The maximum absolute atomic E-state index is 9.77. The highest BCUT2D eigenvalue weighted by Crippen LogP contribution is 2.02. The predicted octanol–water partition coefficient (Wildman–Crippen LogP) is 0.0847. The standard InChI is InChI=1S/C12H29N3O/c1-10(2)12(9-15(5)6)13-7-11(16)8-14(3)4/h10-13,16H,7-9H2,1-6H3. The van der Waals surface area contributed by atoms with Crippen LogP contribution in [0.15, 0.2) is 0 Å². The van der Waals surface area contributed by atoms with Crippen LogP contribution in [-0.2, 0) is 0 Å². The monoisotopic (exact) mass is 231 g/mol. The van der Waals surface area contributed by atoms with Crippen LogP contribution in [0.4, 0.5) is 0 Å². The molecule has 0 aliphatic carbocycles. The summed E-state index contributed by atoms with van der Waals surface area (Å²) in [6, 6.07) is 0.437. The van der Waals surface area contributed by atoms with Gasteiger partial charge in [-0.15, -0.1) is 0 Å². The Morgan fingerprint density at radius 1 is 1.00 bits per heavy atom. The fraction of sp³-hybridized carbons (Fsp3) is 1.00. The molecule has 0 spiro atoms. The molecule has 16 heavy (non-hydrogen) atoms. The summed E-state index contributed by atoms with van der Waals surface area (Å²) < 4.78 is 0. The summed E-state index contributed by atoms with van der Waals surface area (Å²) in [6.07, 6.45) is -0.293. The third-order valence-electron chi connectivity index (χ3n) is 2.56. The molecule has 0 aromatic heterocycles. The van der Waals surface area contributed by atoms with Crippen LogP contribution in [0.3, 0.4) is 0 Å². The van der Waals surface area contributed by atoms with Crippen molar-refractivity contribution in [1.29, 1.82) is 0 Å². The van der Waals surface area contributed by atoms with Crippen LogP contribution in [0.2, 0.25) is 0 Å². The van der Waals surface area contributed by atoms with E-state index in [9.17, 15) is 5.11 Å². The molecule has 0 fully saturated rings. The van der Waals surface area contributed by atoms with Crippen LogP contribution >= 0.6 is 0 Å². The number of nitrogens with zero attached hydrogens (tertiary/aromatic N) is 2. The Balaban J connectivity index is 3.92. The van der Waals surface area contributed by atoms with Gasteiger partial charge in [-0.05, 0) is 34.1 Å². The first-order chi connectivity index (χ1) is 7.32. The quantitative estimate of drug-likeness (QED) is 0.621. The van der Waals surface area contributed by atoms with Gasteiger partial charge in [-0.2, -0.15) is 0 Å². The van der Waals surface area contributed by atoms with Crippen LogP contribution in [0, 0.1) is 5.92 Å². The molecule has 0 aliphatic heterocycles. The molecule has 2 unspecified atom stereocenters. The third kappa shape index (κ3) is 8.05. The molecule has 4 heteroatoms. The van der Waals surface area contributed by atoms with Crippen molar-refractivity contribution in [2.75, 3.05) is 47.8 Å². The Morgan fingerprint density at radius 2 is 1.50 bits per heavy atom. The summed E-state index contributed by atoms with van der Waals surface area (Å²) in [5.41, 5.74) is 0. The number of rotatable bonds is 8. The topological polar surface area (TPSA) is 38.7 Å². The van der Waals surface area contributed by atoms with Gasteiger partial charge in [-0.1, -0.05) is 13.8 Å². The molecule has 0 radical (unpaired) electrons. The molecule has 0 aromatic rings. The van der Waals surface area contributed by atoms with Crippen molar-refractivity contribution in [3.05, 3.63) is 0 Å².